The highest BCUT2D eigenvalue weighted by atomic mass is 32.1. The number of rotatable bonds is 0. The lowest BCUT2D eigenvalue weighted by Gasteiger charge is -2.26. The Labute approximate surface area is 96.0 Å². The van der Waals surface area contributed by atoms with Crippen molar-refractivity contribution >= 4 is 23.2 Å². The summed E-state index contributed by atoms with van der Waals surface area (Å²) in [5, 5.41) is 6.38. The fraction of sp³-hybridized carbons (Fsp3) is 0.818. The van der Waals surface area contributed by atoms with Crippen LogP contribution in [0.3, 0.4) is 0 Å². The average Bonchev–Trinajstić information content (AvgIpc) is 2.28. The number of amides is 1. The molecule has 1 spiro atoms. The molecule has 0 aromatic carbocycles. The van der Waals surface area contributed by atoms with Crippen molar-refractivity contribution in [3.63, 3.8) is 0 Å². The average molecular weight is 226 g/mol. The Morgan fingerprint density at radius 2 is 1.93 bits per heavy atom. The van der Waals surface area contributed by atoms with Crippen LogP contribution in [0, 0.1) is 5.41 Å². The van der Waals surface area contributed by atoms with Gasteiger partial charge in [0.15, 0.2) is 5.11 Å². The van der Waals surface area contributed by atoms with Gasteiger partial charge >= 0.3 is 0 Å². The maximum absolute atomic E-state index is 11.9. The second-order valence-corrected chi connectivity index (χ2v) is 5.92. The molecule has 0 bridgehead atoms. The van der Waals surface area contributed by atoms with Crippen LogP contribution in [-0.4, -0.2) is 16.6 Å². The number of thiocarbonyl (C=S) groups is 1. The second-order valence-electron chi connectivity index (χ2n) is 5.51. The third-order valence-corrected chi connectivity index (χ3v) is 3.90. The van der Waals surface area contributed by atoms with E-state index in [0.717, 1.165) is 25.7 Å². The first-order valence-electron chi connectivity index (χ1n) is 5.57. The van der Waals surface area contributed by atoms with Gasteiger partial charge in [0.2, 0.25) is 0 Å². The van der Waals surface area contributed by atoms with Crippen LogP contribution in [0.4, 0.5) is 0 Å². The second kappa shape index (κ2) is 3.44. The number of hydrogen-bond acceptors (Lipinski definition) is 2. The Bertz CT molecular complexity index is 314. The summed E-state index contributed by atoms with van der Waals surface area (Å²) < 4.78 is 0. The third kappa shape index (κ3) is 2.00. The molecular formula is C11H18N2OS. The summed E-state index contributed by atoms with van der Waals surface area (Å²) in [6.45, 7) is 4.55. The highest BCUT2D eigenvalue weighted by molar-refractivity contribution is 7.80. The summed E-state index contributed by atoms with van der Waals surface area (Å²) in [6, 6.07) is 0. The van der Waals surface area contributed by atoms with Gasteiger partial charge in [-0.25, -0.2) is 0 Å². The summed E-state index contributed by atoms with van der Waals surface area (Å²) >= 11 is 5.01. The molecule has 15 heavy (non-hydrogen) atoms. The van der Waals surface area contributed by atoms with Crippen LogP contribution in [0.1, 0.15) is 46.0 Å². The van der Waals surface area contributed by atoms with Crippen molar-refractivity contribution in [3.05, 3.63) is 0 Å². The fourth-order valence-electron chi connectivity index (χ4n) is 2.55. The van der Waals surface area contributed by atoms with Crippen LogP contribution in [0.5, 0.6) is 0 Å². The smallest absolute Gasteiger partial charge is 0.251 e. The standard InChI is InChI=1S/C11H18N2OS/c1-10(2)4-3-5-11(7-6-10)8(14)12-9(15)13-11/h3-7H2,1-2H3,(H2,12,13,14,15). The molecule has 4 heteroatoms. The minimum absolute atomic E-state index is 0.0743. The van der Waals surface area contributed by atoms with E-state index >= 15 is 0 Å². The summed E-state index contributed by atoms with van der Waals surface area (Å²) in [7, 11) is 0. The van der Waals surface area contributed by atoms with Gasteiger partial charge in [0.25, 0.3) is 5.91 Å². The van der Waals surface area contributed by atoms with Gasteiger partial charge in [-0.15, -0.1) is 0 Å². The Hall–Kier alpha value is -0.640. The van der Waals surface area contributed by atoms with E-state index in [4.69, 9.17) is 12.2 Å². The SMILES string of the molecule is CC1(C)CCCC2(CC1)NC(=S)NC2=O. The molecule has 1 heterocycles. The molecule has 2 aliphatic rings. The largest absolute Gasteiger partial charge is 0.348 e. The third-order valence-electron chi connectivity index (χ3n) is 3.70. The lowest BCUT2D eigenvalue weighted by Crippen LogP contribution is -2.46. The minimum Gasteiger partial charge on any atom is -0.348 e. The molecule has 2 N–H and O–H groups in total. The molecule has 0 radical (unpaired) electrons. The molecule has 2 fully saturated rings. The van der Waals surface area contributed by atoms with E-state index in [9.17, 15) is 4.79 Å². The fourth-order valence-corrected chi connectivity index (χ4v) is 2.84. The van der Waals surface area contributed by atoms with Crippen molar-refractivity contribution < 1.29 is 4.79 Å². The molecule has 1 aliphatic heterocycles. The van der Waals surface area contributed by atoms with Gasteiger partial charge in [-0.05, 0) is 43.3 Å². The highest BCUT2D eigenvalue weighted by Gasteiger charge is 2.46. The zero-order valence-electron chi connectivity index (χ0n) is 9.35. The number of carbonyl (C=O) groups excluding carboxylic acids is 1. The van der Waals surface area contributed by atoms with E-state index < -0.39 is 5.54 Å². The van der Waals surface area contributed by atoms with Crippen LogP contribution in [0.25, 0.3) is 0 Å². The summed E-state index contributed by atoms with van der Waals surface area (Å²) in [5.74, 6) is 0.0743. The Balaban J connectivity index is 2.16. The normalized spacial score (nSPS) is 34.8. The number of carbonyl (C=O) groups is 1. The molecule has 0 aromatic heterocycles. The highest BCUT2D eigenvalue weighted by Crippen LogP contribution is 2.39. The van der Waals surface area contributed by atoms with Crippen LogP contribution >= 0.6 is 12.2 Å². The first-order valence-corrected chi connectivity index (χ1v) is 5.98. The molecule has 1 saturated heterocycles. The predicted octanol–water partition coefficient (Wildman–Crippen LogP) is 1.72. The van der Waals surface area contributed by atoms with Crippen LogP contribution in [0.2, 0.25) is 0 Å². The van der Waals surface area contributed by atoms with Crippen molar-refractivity contribution in [2.24, 2.45) is 5.41 Å². The summed E-state index contributed by atoms with van der Waals surface area (Å²) in [6.07, 6.45) is 5.16. The van der Waals surface area contributed by atoms with Crippen molar-refractivity contribution in [1.82, 2.24) is 10.6 Å². The van der Waals surface area contributed by atoms with Crippen molar-refractivity contribution in [2.45, 2.75) is 51.5 Å². The molecule has 0 aromatic rings. The quantitative estimate of drug-likeness (QED) is 0.618. The Morgan fingerprint density at radius 3 is 2.53 bits per heavy atom. The van der Waals surface area contributed by atoms with Gasteiger partial charge in [-0.2, -0.15) is 0 Å². The topological polar surface area (TPSA) is 41.1 Å². The maximum Gasteiger partial charge on any atom is 0.251 e. The van der Waals surface area contributed by atoms with Gasteiger partial charge in [0.1, 0.15) is 5.54 Å². The van der Waals surface area contributed by atoms with E-state index in [1.54, 1.807) is 0 Å². The maximum atomic E-state index is 11.9. The first-order chi connectivity index (χ1) is 6.94. The monoisotopic (exact) mass is 226 g/mol. The van der Waals surface area contributed by atoms with Crippen molar-refractivity contribution in [3.8, 4) is 0 Å². The first kappa shape index (κ1) is 10.9. The molecule has 1 saturated carbocycles. The molecule has 1 unspecified atom stereocenters. The van der Waals surface area contributed by atoms with Crippen molar-refractivity contribution in [2.75, 3.05) is 0 Å². The van der Waals surface area contributed by atoms with Gasteiger partial charge < -0.3 is 10.6 Å². The Kier molecular flexibility index (Phi) is 2.49. The van der Waals surface area contributed by atoms with E-state index in [1.807, 2.05) is 0 Å². The number of hydrogen-bond donors (Lipinski definition) is 2. The molecule has 2 rings (SSSR count). The van der Waals surface area contributed by atoms with E-state index in [0.29, 0.717) is 10.5 Å². The molecule has 3 nitrogen and oxygen atoms in total. The zero-order chi connectivity index (χ0) is 11.1. The summed E-state index contributed by atoms with van der Waals surface area (Å²) in [4.78, 5) is 11.9. The van der Waals surface area contributed by atoms with Crippen LogP contribution in [0.15, 0.2) is 0 Å². The molecule has 1 amide bonds. The van der Waals surface area contributed by atoms with Gasteiger partial charge in [0.05, 0.1) is 0 Å². The van der Waals surface area contributed by atoms with E-state index in [2.05, 4.69) is 24.5 Å². The van der Waals surface area contributed by atoms with Crippen LogP contribution in [-0.2, 0) is 4.79 Å². The molecular weight excluding hydrogens is 208 g/mol. The van der Waals surface area contributed by atoms with E-state index in [1.165, 1.54) is 6.42 Å². The lowest BCUT2D eigenvalue weighted by atomic mass is 9.83. The van der Waals surface area contributed by atoms with Gasteiger partial charge in [-0.3, -0.25) is 4.79 Å². The van der Waals surface area contributed by atoms with Crippen LogP contribution < -0.4 is 10.6 Å². The molecule has 1 aliphatic carbocycles. The minimum atomic E-state index is -0.398. The molecule has 84 valence electrons. The number of nitrogens with one attached hydrogen (secondary N) is 2. The van der Waals surface area contributed by atoms with E-state index in [-0.39, 0.29) is 5.91 Å². The van der Waals surface area contributed by atoms with Gasteiger partial charge in [-0.1, -0.05) is 20.3 Å². The predicted molar refractivity (Wildman–Crippen MR) is 63.5 cm³/mol. The van der Waals surface area contributed by atoms with Gasteiger partial charge in [0, 0.05) is 0 Å². The summed E-state index contributed by atoms with van der Waals surface area (Å²) in [5.41, 5.74) is -0.0411. The lowest BCUT2D eigenvalue weighted by molar-refractivity contribution is -0.124. The zero-order valence-corrected chi connectivity index (χ0v) is 10.2. The Morgan fingerprint density at radius 1 is 1.20 bits per heavy atom. The van der Waals surface area contributed by atoms with Crippen molar-refractivity contribution in [1.29, 1.82) is 0 Å². The molecule has 1 atom stereocenters.